The number of thiazole rings is 1. The van der Waals surface area contributed by atoms with E-state index in [0.717, 1.165) is 56.6 Å². The summed E-state index contributed by atoms with van der Waals surface area (Å²) < 4.78 is 38.8. The molecule has 2 fully saturated rings. The number of carboxylic acids is 1. The number of nitrogens with zero attached hydrogens (tertiary/aromatic N) is 3. The first-order valence-electron chi connectivity index (χ1n) is 16.6. The van der Waals surface area contributed by atoms with Gasteiger partial charge in [0.25, 0.3) is 0 Å². The minimum atomic E-state index is -1.33. The second-order valence-corrected chi connectivity index (χ2v) is 14.4. The number of piperidine rings is 1. The number of benzene rings is 2. The largest absolute Gasteiger partial charge is 0.491 e. The molecule has 0 saturated carbocycles. The van der Waals surface area contributed by atoms with Crippen molar-refractivity contribution >= 4 is 35.8 Å². The van der Waals surface area contributed by atoms with Crippen LogP contribution >= 0.6 is 24.0 Å². The van der Waals surface area contributed by atoms with Crippen LogP contribution in [-0.4, -0.2) is 104 Å². The lowest BCUT2D eigenvalue weighted by Crippen LogP contribution is -2.43. The molecule has 3 aromatic rings. The van der Waals surface area contributed by atoms with Gasteiger partial charge in [0.15, 0.2) is 11.6 Å². The fourth-order valence-corrected chi connectivity index (χ4v) is 7.53. The second-order valence-electron chi connectivity index (χ2n) is 13.0. The maximum absolute atomic E-state index is 13.8. The molecule has 0 radical (unpaired) electrons. The third-order valence-electron chi connectivity index (χ3n) is 9.29. The summed E-state index contributed by atoms with van der Waals surface area (Å²) in [6, 6.07) is 8.55. The fraction of sp³-hybridized carbons (Fsp3) is 0.514. The Hall–Kier alpha value is -3.14. The molecule has 2 aliphatic heterocycles. The highest BCUT2D eigenvalue weighted by Gasteiger charge is 2.46. The smallest absolute Gasteiger partial charge is 0.304 e. The predicted octanol–water partition coefficient (Wildman–Crippen LogP) is 4.26. The van der Waals surface area contributed by atoms with E-state index in [0.29, 0.717) is 39.1 Å². The van der Waals surface area contributed by atoms with Crippen molar-refractivity contribution in [3.05, 3.63) is 63.5 Å². The molecule has 3 aliphatic rings. The van der Waals surface area contributed by atoms with Crippen molar-refractivity contribution in [3.8, 4) is 17.0 Å². The van der Waals surface area contributed by atoms with Crippen LogP contribution in [0.15, 0.2) is 40.6 Å². The topological polar surface area (TPSA) is 116 Å². The Balaban J connectivity index is 0.000000452. The zero-order valence-electron chi connectivity index (χ0n) is 28.0. The Labute approximate surface area is 295 Å². The van der Waals surface area contributed by atoms with Crippen molar-refractivity contribution in [2.24, 2.45) is 5.41 Å². The lowest BCUT2D eigenvalue weighted by atomic mass is 9.80. The van der Waals surface area contributed by atoms with Gasteiger partial charge in [-0.25, -0.2) is 13.8 Å². The molecule has 266 valence electrons. The van der Waals surface area contributed by atoms with Crippen molar-refractivity contribution in [1.82, 2.24) is 25.4 Å². The van der Waals surface area contributed by atoms with Gasteiger partial charge in [-0.05, 0) is 94.3 Å². The minimum Gasteiger partial charge on any atom is -0.491 e. The Morgan fingerprint density at radius 3 is 2.41 bits per heavy atom. The van der Waals surface area contributed by atoms with Crippen molar-refractivity contribution < 1.29 is 33.0 Å². The third kappa shape index (κ3) is 9.98. The first kappa shape index (κ1) is 37.1. The molecule has 49 heavy (non-hydrogen) atoms. The van der Waals surface area contributed by atoms with E-state index >= 15 is 0 Å². The van der Waals surface area contributed by atoms with Crippen LogP contribution in [0.25, 0.3) is 11.3 Å². The number of morpholine rings is 1. The van der Waals surface area contributed by atoms with Crippen LogP contribution in [0.1, 0.15) is 35.4 Å². The molecule has 2 aromatic carbocycles. The Morgan fingerprint density at radius 2 is 1.82 bits per heavy atom. The zero-order chi connectivity index (χ0) is 35.0. The average molecular weight is 718 g/mol. The maximum atomic E-state index is 13.8. The number of carbonyl (C=O) groups is 2. The number of ether oxygens (including phenoxy) is 2. The molecule has 2 saturated heterocycles. The van der Waals surface area contributed by atoms with Crippen molar-refractivity contribution in [1.29, 1.82) is 0 Å². The number of carbonyl (C=O) groups excluding carboxylic acids is 1. The second kappa shape index (κ2) is 17.2. The summed E-state index contributed by atoms with van der Waals surface area (Å²) >= 11 is 5.94. The van der Waals surface area contributed by atoms with Gasteiger partial charge in [0, 0.05) is 41.5 Å². The number of amides is 1. The molecule has 0 atom stereocenters. The molecule has 3 heterocycles. The molecular formula is C35H45F2N5O5S2. The van der Waals surface area contributed by atoms with Crippen LogP contribution in [-0.2, 0) is 33.7 Å². The minimum absolute atomic E-state index is 0.0202. The van der Waals surface area contributed by atoms with E-state index < -0.39 is 35.3 Å². The van der Waals surface area contributed by atoms with E-state index in [4.69, 9.17) is 9.47 Å². The van der Waals surface area contributed by atoms with E-state index in [1.807, 2.05) is 23.6 Å². The van der Waals surface area contributed by atoms with Crippen LogP contribution in [0.4, 0.5) is 8.78 Å². The van der Waals surface area contributed by atoms with Crippen LogP contribution < -0.4 is 15.4 Å². The molecule has 1 aliphatic carbocycles. The highest BCUT2D eigenvalue weighted by atomic mass is 32.1. The average Bonchev–Trinajstić information content (AvgIpc) is 3.70. The SMILES string of the molecule is CN(C)C1CCNCC1.O=C(O)CC1(C(=O)NCc2nc(-c3ccc(OCCN4CCOCC4)c(S)c3)cs2)Cc2cc(F)c(F)cc2C1. The highest BCUT2D eigenvalue weighted by molar-refractivity contribution is 7.80. The molecule has 0 bridgehead atoms. The van der Waals surface area contributed by atoms with Crippen LogP contribution in [0, 0.1) is 17.0 Å². The molecule has 14 heteroatoms. The quantitative estimate of drug-likeness (QED) is 0.216. The Morgan fingerprint density at radius 1 is 1.14 bits per heavy atom. The monoisotopic (exact) mass is 717 g/mol. The van der Waals surface area contributed by atoms with Gasteiger partial charge in [0.2, 0.25) is 5.91 Å². The molecule has 6 rings (SSSR count). The van der Waals surface area contributed by atoms with E-state index in [1.165, 1.54) is 37.3 Å². The summed E-state index contributed by atoms with van der Waals surface area (Å²) in [5.41, 5.74) is 1.12. The predicted molar refractivity (Wildman–Crippen MR) is 187 cm³/mol. The molecule has 0 unspecified atom stereocenters. The Kier molecular flexibility index (Phi) is 13.0. The lowest BCUT2D eigenvalue weighted by molar-refractivity contribution is -0.145. The van der Waals surface area contributed by atoms with E-state index in [9.17, 15) is 23.5 Å². The van der Waals surface area contributed by atoms with Gasteiger partial charge >= 0.3 is 5.97 Å². The normalized spacial score (nSPS) is 17.7. The summed E-state index contributed by atoms with van der Waals surface area (Å²) in [7, 11) is 4.33. The van der Waals surface area contributed by atoms with Crippen molar-refractivity contribution in [2.45, 2.75) is 49.6 Å². The van der Waals surface area contributed by atoms with Crippen molar-refractivity contribution in [2.75, 3.05) is 66.6 Å². The van der Waals surface area contributed by atoms with Gasteiger partial charge in [-0.3, -0.25) is 14.5 Å². The van der Waals surface area contributed by atoms with Gasteiger partial charge < -0.3 is 30.1 Å². The van der Waals surface area contributed by atoms with Crippen LogP contribution in [0.5, 0.6) is 5.75 Å². The number of hydrogen-bond donors (Lipinski definition) is 4. The number of aliphatic carboxylic acids is 1. The Bertz CT molecular complexity index is 1560. The number of thiol groups is 1. The van der Waals surface area contributed by atoms with Gasteiger partial charge in [0.05, 0.1) is 37.3 Å². The molecule has 10 nitrogen and oxygen atoms in total. The van der Waals surface area contributed by atoms with E-state index in [2.05, 4.69) is 52.1 Å². The summed E-state index contributed by atoms with van der Waals surface area (Å²) in [6.07, 6.45) is 2.21. The number of hydrogen-bond acceptors (Lipinski definition) is 10. The summed E-state index contributed by atoms with van der Waals surface area (Å²) in [6.45, 7) is 7.14. The lowest BCUT2D eigenvalue weighted by Gasteiger charge is -2.28. The molecule has 1 amide bonds. The zero-order valence-corrected chi connectivity index (χ0v) is 29.7. The van der Waals surface area contributed by atoms with Crippen LogP contribution in [0.2, 0.25) is 0 Å². The number of carboxylic acid groups (broad SMARTS) is 1. The van der Waals surface area contributed by atoms with Crippen LogP contribution in [0.3, 0.4) is 0 Å². The molecule has 0 spiro atoms. The number of nitrogens with one attached hydrogen (secondary N) is 2. The summed E-state index contributed by atoms with van der Waals surface area (Å²) in [4.78, 5) is 34.8. The van der Waals surface area contributed by atoms with Gasteiger partial charge in [-0.1, -0.05) is 0 Å². The first-order chi connectivity index (χ1) is 23.5. The van der Waals surface area contributed by atoms with Gasteiger partial charge in [-0.2, -0.15) is 0 Å². The van der Waals surface area contributed by atoms with Gasteiger partial charge in [-0.15, -0.1) is 24.0 Å². The van der Waals surface area contributed by atoms with Crippen molar-refractivity contribution in [3.63, 3.8) is 0 Å². The highest BCUT2D eigenvalue weighted by Crippen LogP contribution is 2.41. The fourth-order valence-electron chi connectivity index (χ4n) is 6.50. The van der Waals surface area contributed by atoms with E-state index in [1.54, 1.807) is 0 Å². The summed E-state index contributed by atoms with van der Waals surface area (Å²) in [5.74, 6) is -2.99. The number of halogens is 2. The third-order valence-corrected chi connectivity index (χ3v) is 10.5. The number of rotatable bonds is 11. The molecular weight excluding hydrogens is 673 g/mol. The van der Waals surface area contributed by atoms with Gasteiger partial charge in [0.1, 0.15) is 17.4 Å². The maximum Gasteiger partial charge on any atom is 0.304 e. The number of aromatic nitrogens is 1. The molecule has 1 aromatic heterocycles. The first-order valence-corrected chi connectivity index (χ1v) is 17.9. The van der Waals surface area contributed by atoms with E-state index in [-0.39, 0.29) is 19.4 Å². The molecule has 3 N–H and O–H groups in total. The number of fused-ring (bicyclic) bond motifs is 1. The standard InChI is InChI=1S/C28H29F2N3O5S2.C7H16N2/c29-20-9-18-12-28(14-26(34)35,13-19(18)10-21(20)30)27(36)31-15-25-32-22(16-40-25)17-1-2-23(24(39)11-17)38-8-5-33-3-6-37-7-4-33;1-9(2)7-3-5-8-6-4-7/h1-2,9-11,16,39H,3-8,12-15H2,(H,31,36)(H,34,35);7-8H,3-6H2,1-2H3. The summed E-state index contributed by atoms with van der Waals surface area (Å²) in [5, 5.41) is 18.1.